The van der Waals surface area contributed by atoms with E-state index in [0.717, 1.165) is 4.90 Å². The van der Waals surface area contributed by atoms with E-state index in [-0.39, 0.29) is 11.7 Å². The Hall–Kier alpha value is -1.75. The van der Waals surface area contributed by atoms with Gasteiger partial charge in [0.15, 0.2) is 5.78 Å². The first-order valence-corrected chi connectivity index (χ1v) is 6.10. The van der Waals surface area contributed by atoms with Crippen LogP contribution in [0.4, 0.5) is 5.88 Å². The Bertz CT molecular complexity index is 503. The van der Waals surface area contributed by atoms with Gasteiger partial charge in [0.25, 0.3) is 0 Å². The van der Waals surface area contributed by atoms with E-state index in [2.05, 4.69) is 5.16 Å². The number of hydrogen-bond donors (Lipinski definition) is 1. The number of nitrogens with two attached hydrogens (primary N) is 1. The number of nitrogen functional groups attached to an aromatic ring is 1. The first-order valence-electron chi connectivity index (χ1n) is 5.11. The SMILES string of the molecule is Cc1noc(N)c1SCC(=O)c1ccccc1. The highest BCUT2D eigenvalue weighted by Gasteiger charge is 2.13. The van der Waals surface area contributed by atoms with E-state index in [4.69, 9.17) is 10.3 Å². The summed E-state index contributed by atoms with van der Waals surface area (Å²) in [4.78, 5) is 12.6. The lowest BCUT2D eigenvalue weighted by Crippen LogP contribution is -2.02. The molecule has 0 saturated carbocycles. The van der Waals surface area contributed by atoms with Crippen LogP contribution < -0.4 is 5.73 Å². The van der Waals surface area contributed by atoms with Crippen molar-refractivity contribution >= 4 is 23.4 Å². The van der Waals surface area contributed by atoms with Crippen LogP contribution in [-0.4, -0.2) is 16.7 Å². The number of carbonyl (C=O) groups is 1. The van der Waals surface area contributed by atoms with Crippen LogP contribution in [0.25, 0.3) is 0 Å². The van der Waals surface area contributed by atoms with Gasteiger partial charge in [0.1, 0.15) is 0 Å². The second kappa shape index (κ2) is 5.05. The van der Waals surface area contributed by atoms with Gasteiger partial charge in [-0.3, -0.25) is 4.79 Å². The highest BCUT2D eigenvalue weighted by molar-refractivity contribution is 8.00. The smallest absolute Gasteiger partial charge is 0.236 e. The Kier molecular flexibility index (Phi) is 3.49. The Labute approximate surface area is 103 Å². The molecule has 1 aromatic heterocycles. The van der Waals surface area contributed by atoms with Crippen LogP contribution in [0, 0.1) is 6.92 Å². The zero-order valence-corrected chi connectivity index (χ0v) is 10.2. The second-order valence-corrected chi connectivity index (χ2v) is 4.52. The summed E-state index contributed by atoms with van der Waals surface area (Å²) in [5.41, 5.74) is 7.02. The van der Waals surface area contributed by atoms with Crippen molar-refractivity contribution in [3.05, 3.63) is 41.6 Å². The van der Waals surface area contributed by atoms with Crippen LogP contribution in [0.3, 0.4) is 0 Å². The zero-order valence-electron chi connectivity index (χ0n) is 9.34. The van der Waals surface area contributed by atoms with Gasteiger partial charge in [0.05, 0.1) is 16.3 Å². The molecule has 0 atom stereocenters. The number of hydrogen-bond acceptors (Lipinski definition) is 5. The lowest BCUT2D eigenvalue weighted by atomic mass is 10.2. The predicted octanol–water partition coefficient (Wildman–Crippen LogP) is 2.54. The average molecular weight is 248 g/mol. The molecule has 0 spiro atoms. The maximum absolute atomic E-state index is 11.8. The van der Waals surface area contributed by atoms with Crippen molar-refractivity contribution in [1.29, 1.82) is 0 Å². The van der Waals surface area contributed by atoms with E-state index < -0.39 is 0 Å². The number of anilines is 1. The summed E-state index contributed by atoms with van der Waals surface area (Å²) in [5, 5.41) is 3.73. The molecule has 0 bridgehead atoms. The van der Waals surface area contributed by atoms with Gasteiger partial charge in [-0.2, -0.15) is 0 Å². The fraction of sp³-hybridized carbons (Fsp3) is 0.167. The van der Waals surface area contributed by atoms with E-state index in [1.807, 2.05) is 18.2 Å². The maximum Gasteiger partial charge on any atom is 0.236 e. The number of nitrogens with zero attached hydrogens (tertiary/aromatic N) is 1. The van der Waals surface area contributed by atoms with Crippen LogP contribution in [0.15, 0.2) is 39.8 Å². The molecule has 0 unspecified atom stereocenters. The van der Waals surface area contributed by atoms with E-state index in [1.165, 1.54) is 11.8 Å². The minimum Gasteiger partial charge on any atom is -0.367 e. The zero-order chi connectivity index (χ0) is 12.3. The standard InChI is InChI=1S/C12H12N2O2S/c1-8-11(12(13)16-14-8)17-7-10(15)9-5-3-2-4-6-9/h2-6H,7,13H2,1H3. The van der Waals surface area contributed by atoms with Gasteiger partial charge >= 0.3 is 0 Å². The van der Waals surface area contributed by atoms with Gasteiger partial charge in [0.2, 0.25) is 5.88 Å². The molecule has 0 fully saturated rings. The van der Waals surface area contributed by atoms with Crippen LogP contribution >= 0.6 is 11.8 Å². The summed E-state index contributed by atoms with van der Waals surface area (Å²) >= 11 is 1.35. The Morgan fingerprint density at radius 3 is 2.71 bits per heavy atom. The van der Waals surface area contributed by atoms with Crippen LogP contribution in [0.1, 0.15) is 16.1 Å². The molecule has 0 amide bonds. The molecule has 0 aliphatic carbocycles. The third kappa shape index (κ3) is 2.68. The average Bonchev–Trinajstić information content (AvgIpc) is 2.67. The lowest BCUT2D eigenvalue weighted by Gasteiger charge is -2.00. The summed E-state index contributed by atoms with van der Waals surface area (Å²) in [6.07, 6.45) is 0. The number of Topliss-reactive ketones (excluding diaryl/α,β-unsaturated/α-hetero) is 1. The summed E-state index contributed by atoms with van der Waals surface area (Å²) < 4.78 is 4.83. The molecule has 2 aromatic rings. The number of carbonyl (C=O) groups excluding carboxylic acids is 1. The van der Waals surface area contributed by atoms with Crippen molar-refractivity contribution < 1.29 is 9.32 Å². The molecule has 0 radical (unpaired) electrons. The fourth-order valence-electron chi connectivity index (χ4n) is 1.40. The largest absolute Gasteiger partial charge is 0.367 e. The molecule has 1 heterocycles. The molecule has 88 valence electrons. The van der Waals surface area contributed by atoms with Gasteiger partial charge in [-0.1, -0.05) is 35.5 Å². The minimum absolute atomic E-state index is 0.0654. The number of ketones is 1. The van der Waals surface area contributed by atoms with Crippen molar-refractivity contribution in [3.63, 3.8) is 0 Å². The van der Waals surface area contributed by atoms with E-state index in [9.17, 15) is 4.79 Å². The van der Waals surface area contributed by atoms with Crippen molar-refractivity contribution in [2.24, 2.45) is 0 Å². The Balaban J connectivity index is 2.02. The van der Waals surface area contributed by atoms with Crippen molar-refractivity contribution in [2.45, 2.75) is 11.8 Å². The van der Waals surface area contributed by atoms with Gasteiger partial charge in [0, 0.05) is 5.56 Å². The molecule has 0 saturated heterocycles. The molecule has 2 rings (SSSR count). The van der Waals surface area contributed by atoms with Gasteiger partial charge in [-0.05, 0) is 6.92 Å². The highest BCUT2D eigenvalue weighted by Crippen LogP contribution is 2.28. The normalized spacial score (nSPS) is 10.4. The molecule has 17 heavy (non-hydrogen) atoms. The number of thioether (sulfide) groups is 1. The van der Waals surface area contributed by atoms with Crippen LogP contribution in [-0.2, 0) is 0 Å². The van der Waals surface area contributed by atoms with Gasteiger partial charge in [-0.15, -0.1) is 11.8 Å². The van der Waals surface area contributed by atoms with Crippen molar-refractivity contribution in [3.8, 4) is 0 Å². The van der Waals surface area contributed by atoms with Crippen LogP contribution in [0.2, 0.25) is 0 Å². The number of benzene rings is 1. The van der Waals surface area contributed by atoms with E-state index >= 15 is 0 Å². The van der Waals surface area contributed by atoms with Crippen molar-refractivity contribution in [1.82, 2.24) is 5.16 Å². The molecular weight excluding hydrogens is 236 g/mol. The topological polar surface area (TPSA) is 69.1 Å². The first kappa shape index (κ1) is 11.7. The number of aromatic nitrogens is 1. The monoisotopic (exact) mass is 248 g/mol. The number of aryl methyl sites for hydroxylation is 1. The fourth-order valence-corrected chi connectivity index (χ4v) is 2.27. The molecule has 5 heteroatoms. The Morgan fingerprint density at radius 2 is 2.12 bits per heavy atom. The summed E-state index contributed by atoms with van der Waals surface area (Å²) in [6.45, 7) is 1.80. The molecule has 0 aliphatic heterocycles. The maximum atomic E-state index is 11.8. The molecule has 0 aliphatic rings. The van der Waals surface area contributed by atoms with E-state index in [1.54, 1.807) is 19.1 Å². The van der Waals surface area contributed by atoms with E-state index in [0.29, 0.717) is 17.0 Å². The lowest BCUT2D eigenvalue weighted by molar-refractivity contribution is 0.102. The molecule has 2 N–H and O–H groups in total. The van der Waals surface area contributed by atoms with Crippen molar-refractivity contribution in [2.75, 3.05) is 11.5 Å². The number of rotatable bonds is 4. The molecular formula is C12H12N2O2S. The Morgan fingerprint density at radius 1 is 1.41 bits per heavy atom. The quantitative estimate of drug-likeness (QED) is 0.665. The van der Waals surface area contributed by atoms with Gasteiger partial charge in [-0.25, -0.2) is 0 Å². The highest BCUT2D eigenvalue weighted by atomic mass is 32.2. The summed E-state index contributed by atoms with van der Waals surface area (Å²) in [6, 6.07) is 9.17. The predicted molar refractivity (Wildman–Crippen MR) is 67.1 cm³/mol. The molecule has 4 nitrogen and oxygen atoms in total. The first-order chi connectivity index (χ1) is 8.18. The van der Waals surface area contributed by atoms with Gasteiger partial charge < -0.3 is 10.3 Å². The molecule has 1 aromatic carbocycles. The third-order valence-corrected chi connectivity index (χ3v) is 3.47. The summed E-state index contributed by atoms with van der Waals surface area (Å²) in [7, 11) is 0. The third-order valence-electron chi connectivity index (χ3n) is 2.28. The van der Waals surface area contributed by atoms with Crippen LogP contribution in [0.5, 0.6) is 0 Å². The second-order valence-electron chi connectivity index (χ2n) is 3.54. The minimum atomic E-state index is 0.0654. The summed E-state index contributed by atoms with van der Waals surface area (Å²) in [5.74, 6) is 0.667.